The van der Waals surface area contributed by atoms with E-state index < -0.39 is 26.3 Å². The van der Waals surface area contributed by atoms with Crippen LogP contribution >= 0.6 is 11.6 Å². The minimum Gasteiger partial charge on any atom is -0.606 e. The van der Waals surface area contributed by atoms with Gasteiger partial charge in [0.1, 0.15) is 4.90 Å². The Morgan fingerprint density at radius 2 is 1.83 bits per heavy atom. The Balaban J connectivity index is 2.73. The van der Waals surface area contributed by atoms with Crippen LogP contribution in [0.1, 0.15) is 22.8 Å². The largest absolute Gasteiger partial charge is 0.606 e. The number of carbonyl (C=O) groups excluding carboxylic acids is 1. The zero-order chi connectivity index (χ0) is 17.2. The Morgan fingerprint density at radius 1 is 1.22 bits per heavy atom. The molecule has 23 heavy (non-hydrogen) atoms. The van der Waals surface area contributed by atoms with Crippen molar-refractivity contribution < 1.29 is 17.8 Å². The van der Waals surface area contributed by atoms with Gasteiger partial charge < -0.3 is 4.55 Å². The highest BCUT2D eigenvalue weighted by Crippen LogP contribution is 2.31. The number of benzene rings is 2. The van der Waals surface area contributed by atoms with Crippen LogP contribution in [0, 0.1) is 0 Å². The number of hydrogen-bond acceptors (Lipinski definition) is 4. The topological polar surface area (TPSA) is 74.3 Å². The molecule has 0 amide bonds. The van der Waals surface area contributed by atoms with E-state index in [9.17, 15) is 17.8 Å². The third-order valence-corrected chi connectivity index (χ3v) is 6.23. The molecule has 2 aromatic carbocycles. The van der Waals surface area contributed by atoms with Gasteiger partial charge in [-0.1, -0.05) is 25.1 Å². The molecular formula is C16H15ClO4S2. The zero-order valence-corrected chi connectivity index (χ0v) is 15.0. The van der Waals surface area contributed by atoms with Crippen LogP contribution in [-0.4, -0.2) is 24.5 Å². The van der Waals surface area contributed by atoms with Crippen LogP contribution in [-0.2, 0) is 27.4 Å². The van der Waals surface area contributed by atoms with Crippen molar-refractivity contribution in [1.29, 1.82) is 0 Å². The van der Waals surface area contributed by atoms with Gasteiger partial charge >= 0.3 is 0 Å². The molecule has 0 radical (unpaired) electrons. The number of halogens is 1. The minimum atomic E-state index is -3.67. The van der Waals surface area contributed by atoms with Gasteiger partial charge in [0.2, 0.25) is 0 Å². The van der Waals surface area contributed by atoms with E-state index in [4.69, 9.17) is 11.6 Å². The molecular weight excluding hydrogens is 356 g/mol. The highest BCUT2D eigenvalue weighted by Gasteiger charge is 2.27. The lowest BCUT2D eigenvalue weighted by Crippen LogP contribution is -2.12. The fraction of sp³-hybridized carbons (Fsp3) is 0.188. The lowest BCUT2D eigenvalue weighted by atomic mass is 10.1. The van der Waals surface area contributed by atoms with Gasteiger partial charge in [0.15, 0.2) is 19.6 Å². The van der Waals surface area contributed by atoms with Crippen LogP contribution in [0.2, 0.25) is 0 Å². The summed E-state index contributed by atoms with van der Waals surface area (Å²) < 4.78 is 36.9. The fourth-order valence-corrected chi connectivity index (χ4v) is 4.95. The second kappa shape index (κ2) is 7.05. The van der Waals surface area contributed by atoms with E-state index in [1.807, 2.05) is 6.92 Å². The first-order chi connectivity index (χ1) is 10.8. The molecule has 0 bridgehead atoms. The first kappa shape index (κ1) is 18.0. The monoisotopic (exact) mass is 370 g/mol. The SMILES string of the molecule is CCc1cc([S+]([O-])c2ccccc2)c(S(C)(=O)=O)cc1C(=O)Cl. The maximum Gasteiger partial charge on any atom is 0.252 e. The molecule has 7 heteroatoms. The van der Waals surface area contributed by atoms with Gasteiger partial charge in [0.25, 0.3) is 5.24 Å². The normalized spacial score (nSPS) is 12.9. The van der Waals surface area contributed by atoms with E-state index >= 15 is 0 Å². The maximum atomic E-state index is 12.8. The Labute approximate surface area is 143 Å². The number of aryl methyl sites for hydroxylation is 1. The average Bonchev–Trinajstić information content (AvgIpc) is 2.52. The molecule has 122 valence electrons. The summed E-state index contributed by atoms with van der Waals surface area (Å²) in [4.78, 5) is 12.1. The highest BCUT2D eigenvalue weighted by molar-refractivity contribution is 7.94. The Bertz CT molecular complexity index is 833. The van der Waals surface area contributed by atoms with Crippen molar-refractivity contribution in [2.75, 3.05) is 6.26 Å². The van der Waals surface area contributed by atoms with Gasteiger partial charge in [-0.3, -0.25) is 4.79 Å². The summed E-state index contributed by atoms with van der Waals surface area (Å²) in [5, 5.41) is -0.733. The van der Waals surface area contributed by atoms with Crippen LogP contribution in [0.5, 0.6) is 0 Å². The van der Waals surface area contributed by atoms with Crippen LogP contribution in [0.15, 0.2) is 57.2 Å². The van der Waals surface area contributed by atoms with Gasteiger partial charge in [0, 0.05) is 23.0 Å². The molecule has 1 atom stereocenters. The van der Waals surface area contributed by atoms with Gasteiger partial charge in [-0.05, 0) is 47.9 Å². The van der Waals surface area contributed by atoms with Crippen molar-refractivity contribution in [2.24, 2.45) is 0 Å². The van der Waals surface area contributed by atoms with E-state index in [-0.39, 0.29) is 15.4 Å². The van der Waals surface area contributed by atoms with Crippen molar-refractivity contribution in [2.45, 2.75) is 28.0 Å². The van der Waals surface area contributed by atoms with Crippen LogP contribution in [0.3, 0.4) is 0 Å². The molecule has 1 unspecified atom stereocenters. The van der Waals surface area contributed by atoms with Crippen LogP contribution in [0.4, 0.5) is 0 Å². The van der Waals surface area contributed by atoms with Crippen LogP contribution in [0.25, 0.3) is 0 Å². The third-order valence-electron chi connectivity index (χ3n) is 3.32. The van der Waals surface area contributed by atoms with Gasteiger partial charge in [0.05, 0.1) is 0 Å². The Hall–Kier alpha value is -1.34. The molecule has 0 N–H and O–H groups in total. The summed E-state index contributed by atoms with van der Waals surface area (Å²) in [5.41, 5.74) is 0.695. The molecule has 0 aliphatic heterocycles. The van der Waals surface area contributed by atoms with Gasteiger partial charge in [-0.2, -0.15) is 0 Å². The average molecular weight is 371 g/mol. The number of rotatable bonds is 5. The minimum absolute atomic E-state index is 0.128. The van der Waals surface area contributed by atoms with E-state index in [0.29, 0.717) is 16.9 Å². The van der Waals surface area contributed by atoms with E-state index in [1.165, 1.54) is 12.1 Å². The fourth-order valence-electron chi connectivity index (χ4n) is 2.18. The number of hydrogen-bond donors (Lipinski definition) is 0. The second-order valence-electron chi connectivity index (χ2n) is 4.94. The van der Waals surface area contributed by atoms with Gasteiger partial charge in [-0.15, -0.1) is 0 Å². The van der Waals surface area contributed by atoms with Crippen LogP contribution < -0.4 is 0 Å². The molecule has 0 aromatic heterocycles. The predicted octanol–water partition coefficient (Wildman–Crippen LogP) is 3.20. The molecule has 2 aromatic rings. The molecule has 0 saturated heterocycles. The molecule has 0 aliphatic carbocycles. The van der Waals surface area contributed by atoms with Crippen molar-refractivity contribution in [1.82, 2.24) is 0 Å². The van der Waals surface area contributed by atoms with Crippen molar-refractivity contribution in [3.05, 3.63) is 53.6 Å². The molecule has 0 saturated carbocycles. The molecule has 0 fully saturated rings. The second-order valence-corrected chi connectivity index (χ2v) is 8.71. The first-order valence-corrected chi connectivity index (χ1v) is 10.2. The Kier molecular flexibility index (Phi) is 5.52. The molecule has 0 aliphatic rings. The van der Waals surface area contributed by atoms with Gasteiger partial charge in [-0.25, -0.2) is 8.42 Å². The summed E-state index contributed by atoms with van der Waals surface area (Å²) in [5.74, 6) is 0. The summed E-state index contributed by atoms with van der Waals surface area (Å²) in [6.07, 6.45) is 1.49. The highest BCUT2D eigenvalue weighted by atomic mass is 35.5. The lowest BCUT2D eigenvalue weighted by molar-refractivity contribution is 0.108. The summed E-state index contributed by atoms with van der Waals surface area (Å²) in [6, 6.07) is 11.3. The molecule has 0 spiro atoms. The summed E-state index contributed by atoms with van der Waals surface area (Å²) in [6.45, 7) is 1.81. The Morgan fingerprint density at radius 3 is 2.30 bits per heavy atom. The maximum absolute atomic E-state index is 12.8. The quantitative estimate of drug-likeness (QED) is 0.598. The smallest absolute Gasteiger partial charge is 0.252 e. The molecule has 2 rings (SSSR count). The van der Waals surface area contributed by atoms with E-state index in [0.717, 1.165) is 6.26 Å². The third kappa shape index (κ3) is 3.95. The zero-order valence-electron chi connectivity index (χ0n) is 12.6. The lowest BCUT2D eigenvalue weighted by Gasteiger charge is -2.15. The van der Waals surface area contributed by atoms with Crippen molar-refractivity contribution in [3.8, 4) is 0 Å². The van der Waals surface area contributed by atoms with Crippen molar-refractivity contribution in [3.63, 3.8) is 0 Å². The molecule has 0 heterocycles. The standard InChI is InChI=1S/C16H15ClO4S2/c1-3-11-9-14(22(19)12-7-5-4-6-8-12)15(23(2,20)21)10-13(11)16(17)18/h4-10H,3H2,1-2H3. The number of sulfone groups is 1. The van der Waals surface area contributed by atoms with E-state index in [2.05, 4.69) is 0 Å². The number of carbonyl (C=O) groups is 1. The summed E-state index contributed by atoms with van der Waals surface area (Å²) in [7, 11) is -3.67. The first-order valence-electron chi connectivity index (χ1n) is 6.79. The molecule has 4 nitrogen and oxygen atoms in total. The van der Waals surface area contributed by atoms with Crippen molar-refractivity contribution >= 4 is 37.9 Å². The predicted molar refractivity (Wildman–Crippen MR) is 90.2 cm³/mol. The summed E-state index contributed by atoms with van der Waals surface area (Å²) >= 11 is 3.88. The van der Waals surface area contributed by atoms with E-state index in [1.54, 1.807) is 30.3 Å².